The fourth-order valence-corrected chi connectivity index (χ4v) is 2.83. The highest BCUT2D eigenvalue weighted by Gasteiger charge is 2.33. The number of nitrogens with one attached hydrogen (secondary N) is 1. The first kappa shape index (κ1) is 14.8. The van der Waals surface area contributed by atoms with Gasteiger partial charge in [-0.05, 0) is 26.2 Å². The van der Waals surface area contributed by atoms with E-state index >= 15 is 0 Å². The lowest BCUT2D eigenvalue weighted by Crippen LogP contribution is -2.49. The minimum Gasteiger partial charge on any atom is -0.466 e. The van der Waals surface area contributed by atoms with Crippen molar-refractivity contribution in [3.05, 3.63) is 0 Å². The highest BCUT2D eigenvalue weighted by molar-refractivity contribution is 5.84. The largest absolute Gasteiger partial charge is 0.466 e. The molecule has 6 heteroatoms. The number of hydrogen-bond donors (Lipinski definition) is 1. The number of piperidine rings is 2. The first-order valence-electron chi connectivity index (χ1n) is 7.34. The molecule has 2 aliphatic rings. The molecule has 0 aliphatic carbocycles. The van der Waals surface area contributed by atoms with E-state index in [-0.39, 0.29) is 29.6 Å². The Bertz CT molecular complexity index is 387. The van der Waals surface area contributed by atoms with E-state index in [1.54, 1.807) is 11.8 Å². The van der Waals surface area contributed by atoms with Gasteiger partial charge in [-0.3, -0.25) is 14.4 Å². The highest BCUT2D eigenvalue weighted by atomic mass is 16.5. The van der Waals surface area contributed by atoms with Gasteiger partial charge in [0.25, 0.3) is 0 Å². The Morgan fingerprint density at radius 2 is 2.15 bits per heavy atom. The summed E-state index contributed by atoms with van der Waals surface area (Å²) in [5, 5.41) is 2.73. The molecule has 2 heterocycles. The van der Waals surface area contributed by atoms with Crippen molar-refractivity contribution < 1.29 is 19.1 Å². The van der Waals surface area contributed by atoms with Crippen LogP contribution >= 0.6 is 0 Å². The number of carbonyl (C=O) groups is 3. The molecule has 112 valence electrons. The fourth-order valence-electron chi connectivity index (χ4n) is 2.83. The Kier molecular flexibility index (Phi) is 4.98. The van der Waals surface area contributed by atoms with Gasteiger partial charge in [0.2, 0.25) is 11.8 Å². The van der Waals surface area contributed by atoms with Crippen LogP contribution in [0.4, 0.5) is 0 Å². The lowest BCUT2D eigenvalue weighted by atomic mass is 9.93. The molecule has 20 heavy (non-hydrogen) atoms. The summed E-state index contributed by atoms with van der Waals surface area (Å²) in [6.07, 6.45) is 2.62. The molecule has 2 fully saturated rings. The van der Waals surface area contributed by atoms with Gasteiger partial charge in [0.1, 0.15) is 0 Å². The molecule has 0 saturated carbocycles. The SMILES string of the molecule is CCOC(=O)[C@H]1CCCN(C(=O)C2CCC(=O)NC2)C1. The smallest absolute Gasteiger partial charge is 0.310 e. The maximum absolute atomic E-state index is 12.4. The standard InChI is InChI=1S/C14H22N2O4/c1-2-20-14(19)11-4-3-7-16(9-11)13(18)10-5-6-12(17)15-8-10/h10-11H,2-9H2,1H3,(H,15,17)/t10?,11-/m0/s1. The first-order chi connectivity index (χ1) is 9.61. The molecule has 0 aromatic carbocycles. The van der Waals surface area contributed by atoms with E-state index in [0.29, 0.717) is 39.1 Å². The van der Waals surface area contributed by atoms with Gasteiger partial charge in [-0.15, -0.1) is 0 Å². The second-order valence-corrected chi connectivity index (χ2v) is 5.42. The van der Waals surface area contributed by atoms with E-state index in [2.05, 4.69) is 5.32 Å². The Morgan fingerprint density at radius 1 is 1.35 bits per heavy atom. The number of carbonyl (C=O) groups excluding carboxylic acids is 3. The lowest BCUT2D eigenvalue weighted by molar-refractivity contribution is -0.152. The Labute approximate surface area is 118 Å². The second kappa shape index (κ2) is 6.72. The zero-order valence-electron chi connectivity index (χ0n) is 11.9. The topological polar surface area (TPSA) is 75.7 Å². The van der Waals surface area contributed by atoms with Crippen molar-refractivity contribution in [2.75, 3.05) is 26.2 Å². The average Bonchev–Trinajstić information content (AvgIpc) is 2.48. The summed E-state index contributed by atoms with van der Waals surface area (Å²) in [4.78, 5) is 37.1. The molecule has 0 radical (unpaired) electrons. The first-order valence-corrected chi connectivity index (χ1v) is 7.34. The van der Waals surface area contributed by atoms with Crippen molar-refractivity contribution in [3.63, 3.8) is 0 Å². The number of rotatable bonds is 3. The van der Waals surface area contributed by atoms with Gasteiger partial charge in [-0.25, -0.2) is 0 Å². The molecule has 0 spiro atoms. The van der Waals surface area contributed by atoms with Crippen LogP contribution in [0.2, 0.25) is 0 Å². The maximum Gasteiger partial charge on any atom is 0.310 e. The van der Waals surface area contributed by atoms with E-state index < -0.39 is 0 Å². The molecule has 2 saturated heterocycles. The quantitative estimate of drug-likeness (QED) is 0.756. The van der Waals surface area contributed by atoms with Crippen LogP contribution in [0.5, 0.6) is 0 Å². The minimum atomic E-state index is -0.207. The summed E-state index contributed by atoms with van der Waals surface area (Å²) < 4.78 is 5.04. The number of amides is 2. The average molecular weight is 282 g/mol. The van der Waals surface area contributed by atoms with Gasteiger partial charge in [0, 0.05) is 26.1 Å². The Balaban J connectivity index is 1.89. The lowest BCUT2D eigenvalue weighted by Gasteiger charge is -2.35. The van der Waals surface area contributed by atoms with Gasteiger partial charge >= 0.3 is 5.97 Å². The molecule has 0 bridgehead atoms. The van der Waals surface area contributed by atoms with Crippen molar-refractivity contribution in [1.29, 1.82) is 0 Å². The molecule has 2 amide bonds. The molecule has 0 aromatic heterocycles. The molecule has 6 nitrogen and oxygen atoms in total. The summed E-state index contributed by atoms with van der Waals surface area (Å²) in [7, 11) is 0. The molecule has 0 aromatic rings. The predicted octanol–water partition coefficient (Wildman–Crippen LogP) is 0.314. The summed E-state index contributed by atoms with van der Waals surface area (Å²) in [6.45, 7) is 3.71. The van der Waals surface area contributed by atoms with Crippen molar-refractivity contribution in [2.45, 2.75) is 32.6 Å². The van der Waals surface area contributed by atoms with Gasteiger partial charge in [0.15, 0.2) is 0 Å². The van der Waals surface area contributed by atoms with Crippen molar-refractivity contribution in [2.24, 2.45) is 11.8 Å². The van der Waals surface area contributed by atoms with Crippen LogP contribution in [0.3, 0.4) is 0 Å². The highest BCUT2D eigenvalue weighted by Crippen LogP contribution is 2.22. The Morgan fingerprint density at radius 3 is 2.80 bits per heavy atom. The van der Waals surface area contributed by atoms with Crippen LogP contribution in [0.15, 0.2) is 0 Å². The third-order valence-electron chi connectivity index (χ3n) is 3.97. The molecule has 2 aliphatic heterocycles. The number of hydrogen-bond acceptors (Lipinski definition) is 4. The van der Waals surface area contributed by atoms with Gasteiger partial charge in [-0.1, -0.05) is 0 Å². The van der Waals surface area contributed by atoms with Crippen molar-refractivity contribution >= 4 is 17.8 Å². The number of ether oxygens (including phenoxy) is 1. The zero-order chi connectivity index (χ0) is 14.5. The van der Waals surface area contributed by atoms with Crippen molar-refractivity contribution in [1.82, 2.24) is 10.2 Å². The van der Waals surface area contributed by atoms with Crippen molar-refractivity contribution in [3.8, 4) is 0 Å². The van der Waals surface area contributed by atoms with Crippen LogP contribution in [0.1, 0.15) is 32.6 Å². The van der Waals surface area contributed by atoms with Gasteiger partial charge in [-0.2, -0.15) is 0 Å². The van der Waals surface area contributed by atoms with Crippen LogP contribution in [0.25, 0.3) is 0 Å². The minimum absolute atomic E-state index is 0.0112. The second-order valence-electron chi connectivity index (χ2n) is 5.42. The van der Waals surface area contributed by atoms with E-state index in [1.165, 1.54) is 0 Å². The Hall–Kier alpha value is -1.59. The van der Waals surface area contributed by atoms with Gasteiger partial charge in [0.05, 0.1) is 18.4 Å². The maximum atomic E-state index is 12.4. The van der Waals surface area contributed by atoms with E-state index in [4.69, 9.17) is 4.74 Å². The summed E-state index contributed by atoms with van der Waals surface area (Å²) in [6, 6.07) is 0. The van der Waals surface area contributed by atoms with Crippen LogP contribution < -0.4 is 5.32 Å². The molecular weight excluding hydrogens is 260 g/mol. The molecule has 2 atom stereocenters. The monoisotopic (exact) mass is 282 g/mol. The zero-order valence-corrected chi connectivity index (χ0v) is 11.9. The predicted molar refractivity (Wildman–Crippen MR) is 71.7 cm³/mol. The molecule has 2 rings (SSSR count). The number of likely N-dealkylation sites (tertiary alicyclic amines) is 1. The van der Waals surface area contributed by atoms with Crippen LogP contribution in [-0.4, -0.2) is 48.9 Å². The normalized spacial score (nSPS) is 26.9. The molecule has 1 unspecified atom stereocenters. The fraction of sp³-hybridized carbons (Fsp3) is 0.786. The molecular formula is C14H22N2O4. The van der Waals surface area contributed by atoms with Crippen LogP contribution in [0, 0.1) is 11.8 Å². The number of esters is 1. The molecule has 1 N–H and O–H groups in total. The third kappa shape index (κ3) is 3.49. The van der Waals surface area contributed by atoms with Crippen LogP contribution in [-0.2, 0) is 19.1 Å². The van der Waals surface area contributed by atoms with E-state index in [9.17, 15) is 14.4 Å². The van der Waals surface area contributed by atoms with E-state index in [1.807, 2.05) is 0 Å². The summed E-state index contributed by atoms with van der Waals surface area (Å²) in [5.41, 5.74) is 0. The number of nitrogens with zero attached hydrogens (tertiary/aromatic N) is 1. The van der Waals surface area contributed by atoms with E-state index in [0.717, 1.165) is 12.8 Å². The summed E-state index contributed by atoms with van der Waals surface area (Å²) in [5.74, 6) is -0.488. The third-order valence-corrected chi connectivity index (χ3v) is 3.97. The summed E-state index contributed by atoms with van der Waals surface area (Å²) >= 11 is 0. The van der Waals surface area contributed by atoms with Gasteiger partial charge < -0.3 is 15.0 Å².